The van der Waals surface area contributed by atoms with Crippen LogP contribution >= 0.6 is 11.6 Å². The molecule has 0 bridgehead atoms. The Hall–Kier alpha value is -2.63. The van der Waals surface area contributed by atoms with Crippen LogP contribution in [-0.2, 0) is 0 Å². The second-order valence-electron chi connectivity index (χ2n) is 3.68. The van der Waals surface area contributed by atoms with Crippen molar-refractivity contribution in [3.05, 3.63) is 52.1 Å². The van der Waals surface area contributed by atoms with E-state index in [1.165, 1.54) is 6.20 Å². The molecule has 0 N–H and O–H groups in total. The largest absolute Gasteiger partial charge is 0.270 e. The molecule has 2 heterocycles. The fraction of sp³-hybridized carbons (Fsp3) is 0. The van der Waals surface area contributed by atoms with Crippen LogP contribution in [0.2, 0.25) is 5.02 Å². The van der Waals surface area contributed by atoms with Gasteiger partial charge in [-0.2, -0.15) is 0 Å². The molecule has 0 saturated heterocycles. The Morgan fingerprint density at radius 2 is 1.95 bits per heavy atom. The van der Waals surface area contributed by atoms with Gasteiger partial charge in [0.2, 0.25) is 0 Å². The van der Waals surface area contributed by atoms with Gasteiger partial charge in [0, 0.05) is 15.5 Å². The van der Waals surface area contributed by atoms with Gasteiger partial charge in [-0.15, -0.1) is 10.2 Å². The fourth-order valence-electron chi connectivity index (χ4n) is 1.74. The number of hydrogen-bond acceptors (Lipinski definition) is 4. The van der Waals surface area contributed by atoms with Crippen LogP contribution in [0.3, 0.4) is 0 Å². The van der Waals surface area contributed by atoms with Crippen LogP contribution in [0.1, 0.15) is 0 Å². The Kier molecular flexibility index (Phi) is 2.75. The van der Waals surface area contributed by atoms with E-state index in [2.05, 4.69) is 25.2 Å². The molecule has 0 atom stereocenters. The average molecular weight is 272 g/mol. The molecular weight excluding hydrogens is 266 g/mol. The van der Waals surface area contributed by atoms with E-state index in [1.807, 2.05) is 12.1 Å². The Labute approximate surface area is 112 Å². The van der Waals surface area contributed by atoms with Crippen LogP contribution in [0.25, 0.3) is 27.5 Å². The second-order valence-corrected chi connectivity index (χ2v) is 4.12. The third-order valence-corrected chi connectivity index (χ3v) is 2.80. The molecule has 7 nitrogen and oxygen atoms in total. The summed E-state index contributed by atoms with van der Waals surface area (Å²) in [5.41, 5.74) is 9.90. The maximum atomic E-state index is 8.57. The molecular formula is C11H6ClN7. The highest BCUT2D eigenvalue weighted by molar-refractivity contribution is 6.30. The topological polar surface area (TPSA) is 91.8 Å². The number of azide groups is 1. The van der Waals surface area contributed by atoms with Crippen LogP contribution < -0.4 is 0 Å². The van der Waals surface area contributed by atoms with E-state index in [-0.39, 0.29) is 0 Å². The van der Waals surface area contributed by atoms with Gasteiger partial charge >= 0.3 is 0 Å². The molecule has 1 aromatic carbocycles. The van der Waals surface area contributed by atoms with Crippen molar-refractivity contribution in [2.75, 3.05) is 0 Å². The lowest BCUT2D eigenvalue weighted by atomic mass is 10.2. The molecule has 0 amide bonds. The summed E-state index contributed by atoms with van der Waals surface area (Å²) in [6, 6.07) is 7.15. The number of hydrogen-bond donors (Lipinski definition) is 0. The van der Waals surface area contributed by atoms with Gasteiger partial charge in [-0.1, -0.05) is 11.6 Å². The van der Waals surface area contributed by atoms with Crippen molar-refractivity contribution in [2.24, 2.45) is 5.11 Å². The van der Waals surface area contributed by atoms with Crippen LogP contribution in [0.4, 0.5) is 5.82 Å². The molecule has 0 radical (unpaired) electrons. The zero-order valence-electron chi connectivity index (χ0n) is 9.47. The predicted octanol–water partition coefficient (Wildman–Crippen LogP) is 3.39. The molecule has 0 unspecified atom stereocenters. The number of rotatable bonds is 2. The van der Waals surface area contributed by atoms with E-state index in [1.54, 1.807) is 22.7 Å². The first-order valence-electron chi connectivity index (χ1n) is 5.30. The van der Waals surface area contributed by atoms with E-state index in [0.717, 1.165) is 5.56 Å². The molecule has 0 aliphatic rings. The van der Waals surface area contributed by atoms with Gasteiger partial charge in [-0.05, 0) is 34.9 Å². The summed E-state index contributed by atoms with van der Waals surface area (Å²) in [5, 5.41) is 12.3. The summed E-state index contributed by atoms with van der Waals surface area (Å²) in [6.45, 7) is 0. The number of halogens is 1. The lowest BCUT2D eigenvalue weighted by molar-refractivity contribution is 1.10. The lowest BCUT2D eigenvalue weighted by Crippen LogP contribution is -1.91. The Morgan fingerprint density at radius 1 is 1.16 bits per heavy atom. The van der Waals surface area contributed by atoms with Crippen molar-refractivity contribution in [1.82, 2.24) is 19.6 Å². The fourth-order valence-corrected chi connectivity index (χ4v) is 1.86. The summed E-state index contributed by atoms with van der Waals surface area (Å²) in [4.78, 5) is 6.72. The summed E-state index contributed by atoms with van der Waals surface area (Å²) >= 11 is 5.85. The van der Waals surface area contributed by atoms with Gasteiger partial charge in [0.25, 0.3) is 0 Å². The van der Waals surface area contributed by atoms with Gasteiger partial charge in [0.1, 0.15) is 5.82 Å². The van der Waals surface area contributed by atoms with Crippen molar-refractivity contribution >= 4 is 23.1 Å². The quantitative estimate of drug-likeness (QED) is 0.406. The summed E-state index contributed by atoms with van der Waals surface area (Å²) in [6.07, 6.45) is 3.00. The van der Waals surface area contributed by atoms with Crippen molar-refractivity contribution in [2.45, 2.75) is 0 Å². The highest BCUT2D eigenvalue weighted by Gasteiger charge is 2.10. The lowest BCUT2D eigenvalue weighted by Gasteiger charge is -2.02. The Balaban J connectivity index is 2.29. The minimum atomic E-state index is 0.329. The maximum Gasteiger partial charge on any atom is 0.179 e. The molecule has 2 aromatic heterocycles. The van der Waals surface area contributed by atoms with E-state index < -0.39 is 0 Å². The van der Waals surface area contributed by atoms with E-state index in [9.17, 15) is 0 Å². The van der Waals surface area contributed by atoms with Gasteiger partial charge in [-0.3, -0.25) is 9.38 Å². The molecule has 92 valence electrons. The zero-order chi connectivity index (χ0) is 13.2. The molecule has 0 saturated carbocycles. The number of aromatic nitrogens is 4. The third-order valence-electron chi connectivity index (χ3n) is 2.55. The van der Waals surface area contributed by atoms with Crippen LogP contribution in [0.15, 0.2) is 41.8 Å². The van der Waals surface area contributed by atoms with E-state index in [4.69, 9.17) is 17.1 Å². The molecule has 3 rings (SSSR count). The first-order valence-corrected chi connectivity index (χ1v) is 5.67. The van der Waals surface area contributed by atoms with Crippen molar-refractivity contribution in [3.8, 4) is 11.4 Å². The molecule has 0 aliphatic heterocycles. The monoisotopic (exact) mass is 271 g/mol. The van der Waals surface area contributed by atoms with Crippen LogP contribution in [-0.4, -0.2) is 19.6 Å². The maximum absolute atomic E-state index is 8.57. The van der Waals surface area contributed by atoms with Crippen LogP contribution in [0, 0.1) is 0 Å². The molecule has 0 aliphatic carbocycles. The summed E-state index contributed by atoms with van der Waals surface area (Å²) < 4.78 is 1.63. The molecule has 0 spiro atoms. The van der Waals surface area contributed by atoms with Gasteiger partial charge in [-0.25, -0.2) is 0 Å². The van der Waals surface area contributed by atoms with Gasteiger partial charge in [0.05, 0.1) is 12.4 Å². The summed E-state index contributed by atoms with van der Waals surface area (Å²) in [7, 11) is 0. The van der Waals surface area contributed by atoms with Crippen molar-refractivity contribution < 1.29 is 0 Å². The standard InChI is InChI=1S/C11H6ClN7/c12-8-3-1-7(2-4-8)11-17-15-9-5-14-6-10(16-18-13)19(9)11/h1-6H. The Bertz CT molecular complexity index is 786. The van der Waals surface area contributed by atoms with Gasteiger partial charge in [0.15, 0.2) is 11.5 Å². The smallest absolute Gasteiger partial charge is 0.179 e. The number of nitrogens with zero attached hydrogens (tertiary/aromatic N) is 7. The molecule has 19 heavy (non-hydrogen) atoms. The third kappa shape index (κ3) is 1.97. The van der Waals surface area contributed by atoms with Crippen molar-refractivity contribution in [1.29, 1.82) is 0 Å². The van der Waals surface area contributed by atoms with E-state index in [0.29, 0.717) is 22.3 Å². The summed E-state index contributed by atoms with van der Waals surface area (Å²) in [5.74, 6) is 0.895. The normalized spacial score (nSPS) is 10.4. The van der Waals surface area contributed by atoms with E-state index >= 15 is 0 Å². The Morgan fingerprint density at radius 3 is 2.68 bits per heavy atom. The molecule has 0 fully saturated rings. The number of fused-ring (bicyclic) bond motifs is 1. The second kappa shape index (κ2) is 4.56. The highest BCUT2D eigenvalue weighted by atomic mass is 35.5. The molecule has 8 heteroatoms. The first kappa shape index (κ1) is 11.5. The minimum absolute atomic E-state index is 0.329. The average Bonchev–Trinajstić information content (AvgIpc) is 2.85. The van der Waals surface area contributed by atoms with Gasteiger partial charge < -0.3 is 0 Å². The molecule has 3 aromatic rings. The minimum Gasteiger partial charge on any atom is -0.270 e. The van der Waals surface area contributed by atoms with Crippen LogP contribution in [0.5, 0.6) is 0 Å². The SMILES string of the molecule is [N-]=[N+]=Nc1cncc2nnc(-c3ccc(Cl)cc3)n12. The number of benzene rings is 1. The van der Waals surface area contributed by atoms with Crippen molar-refractivity contribution in [3.63, 3.8) is 0 Å². The predicted molar refractivity (Wildman–Crippen MR) is 70.0 cm³/mol. The highest BCUT2D eigenvalue weighted by Crippen LogP contribution is 2.24. The zero-order valence-corrected chi connectivity index (χ0v) is 10.2. The first-order chi connectivity index (χ1) is 9.29.